The fourth-order valence-electron chi connectivity index (χ4n) is 3.05. The third-order valence-corrected chi connectivity index (χ3v) is 4.35. The van der Waals surface area contributed by atoms with Gasteiger partial charge in [0.15, 0.2) is 0 Å². The highest BCUT2D eigenvalue weighted by Crippen LogP contribution is 2.47. The Hall–Kier alpha value is -0.870. The minimum Gasteiger partial charge on any atom is -0.364 e. The van der Waals surface area contributed by atoms with Gasteiger partial charge in [-0.15, -0.1) is 0 Å². The van der Waals surface area contributed by atoms with Gasteiger partial charge in [-0.25, -0.2) is 0 Å². The van der Waals surface area contributed by atoms with Crippen LogP contribution in [-0.2, 0) is 6.54 Å². The Labute approximate surface area is 95.8 Å². The first-order chi connectivity index (χ1) is 7.70. The van der Waals surface area contributed by atoms with E-state index in [0.29, 0.717) is 11.5 Å². The summed E-state index contributed by atoms with van der Waals surface area (Å²) < 4.78 is 4.97. The number of nitrogens with two attached hydrogens (primary N) is 1. The molecule has 3 rings (SSSR count). The van der Waals surface area contributed by atoms with Crippen LogP contribution in [0.4, 0.5) is 0 Å². The van der Waals surface area contributed by atoms with Crippen molar-refractivity contribution in [3.05, 3.63) is 17.5 Å². The predicted octanol–water partition coefficient (Wildman–Crippen LogP) is 1.30. The molecule has 1 aliphatic carbocycles. The quantitative estimate of drug-likeness (QED) is 0.817. The van der Waals surface area contributed by atoms with Crippen molar-refractivity contribution >= 4 is 0 Å². The monoisotopic (exact) mass is 221 g/mol. The topological polar surface area (TPSA) is 55.3 Å². The van der Waals surface area contributed by atoms with Crippen LogP contribution in [-0.4, -0.2) is 29.2 Å². The lowest BCUT2D eigenvalue weighted by atomic mass is 9.66. The fraction of sp³-hybridized carbons (Fsp3) is 0.750. The third kappa shape index (κ3) is 1.48. The van der Waals surface area contributed by atoms with Crippen molar-refractivity contribution < 1.29 is 4.52 Å². The van der Waals surface area contributed by atoms with Gasteiger partial charge in [-0.3, -0.25) is 4.90 Å². The van der Waals surface area contributed by atoms with E-state index in [1.807, 2.05) is 6.92 Å². The summed E-state index contributed by atoms with van der Waals surface area (Å²) in [5, 5.41) is 4.04. The fourth-order valence-corrected chi connectivity index (χ4v) is 3.05. The van der Waals surface area contributed by atoms with E-state index in [2.05, 4.69) is 10.1 Å². The van der Waals surface area contributed by atoms with Crippen LogP contribution in [0, 0.1) is 12.3 Å². The third-order valence-electron chi connectivity index (χ3n) is 4.35. The highest BCUT2D eigenvalue weighted by molar-refractivity contribution is 5.13. The first-order valence-corrected chi connectivity index (χ1v) is 6.07. The number of aryl methyl sites for hydroxylation is 1. The van der Waals surface area contributed by atoms with Crippen molar-refractivity contribution in [1.29, 1.82) is 0 Å². The van der Waals surface area contributed by atoms with Crippen molar-refractivity contribution in [2.45, 2.75) is 38.8 Å². The Morgan fingerprint density at radius 3 is 2.94 bits per heavy atom. The summed E-state index contributed by atoms with van der Waals surface area (Å²) in [6.07, 6.45) is 5.68. The second-order valence-corrected chi connectivity index (χ2v) is 5.44. The Balaban J connectivity index is 1.68. The highest BCUT2D eigenvalue weighted by atomic mass is 16.5. The first kappa shape index (κ1) is 10.3. The molecular formula is C12H19N3O. The largest absolute Gasteiger partial charge is 0.364 e. The SMILES string of the molecule is Cc1conc1CN1CC(N)C2(CCC2)C1. The van der Waals surface area contributed by atoms with Crippen molar-refractivity contribution in [3.8, 4) is 0 Å². The summed E-state index contributed by atoms with van der Waals surface area (Å²) in [5.74, 6) is 0. The molecule has 2 aliphatic rings. The van der Waals surface area contributed by atoms with E-state index in [1.165, 1.54) is 19.3 Å². The average molecular weight is 221 g/mol. The van der Waals surface area contributed by atoms with Crippen LogP contribution in [0.25, 0.3) is 0 Å². The van der Waals surface area contributed by atoms with Crippen LogP contribution in [0.1, 0.15) is 30.5 Å². The Bertz CT molecular complexity index is 383. The predicted molar refractivity (Wildman–Crippen MR) is 60.8 cm³/mol. The van der Waals surface area contributed by atoms with Gasteiger partial charge in [0, 0.05) is 31.2 Å². The standard InChI is InChI=1S/C12H19N3O/c1-9-7-16-14-10(9)5-15-6-11(13)12(8-15)3-2-4-12/h7,11H,2-6,8,13H2,1H3. The molecule has 0 amide bonds. The molecule has 88 valence electrons. The van der Waals surface area contributed by atoms with E-state index in [9.17, 15) is 0 Å². The molecular weight excluding hydrogens is 202 g/mol. The van der Waals surface area contributed by atoms with Crippen molar-refractivity contribution in [2.24, 2.45) is 11.1 Å². The summed E-state index contributed by atoms with van der Waals surface area (Å²) in [6.45, 7) is 5.07. The number of hydrogen-bond acceptors (Lipinski definition) is 4. The van der Waals surface area contributed by atoms with E-state index >= 15 is 0 Å². The number of likely N-dealkylation sites (tertiary alicyclic amines) is 1. The van der Waals surface area contributed by atoms with Gasteiger partial charge in [-0.1, -0.05) is 11.6 Å². The minimum absolute atomic E-state index is 0.355. The van der Waals surface area contributed by atoms with Crippen molar-refractivity contribution in [3.63, 3.8) is 0 Å². The molecule has 1 saturated carbocycles. The summed E-state index contributed by atoms with van der Waals surface area (Å²) in [4.78, 5) is 2.43. The van der Waals surface area contributed by atoms with Gasteiger partial charge in [0.05, 0.1) is 0 Å². The van der Waals surface area contributed by atoms with Gasteiger partial charge in [0.1, 0.15) is 12.0 Å². The number of rotatable bonds is 2. The molecule has 4 nitrogen and oxygen atoms in total. The number of nitrogens with zero attached hydrogens (tertiary/aromatic N) is 2. The molecule has 2 heterocycles. The van der Waals surface area contributed by atoms with Crippen molar-refractivity contribution in [1.82, 2.24) is 10.1 Å². The van der Waals surface area contributed by atoms with Crippen LogP contribution in [0.3, 0.4) is 0 Å². The van der Waals surface area contributed by atoms with Crippen molar-refractivity contribution in [2.75, 3.05) is 13.1 Å². The summed E-state index contributed by atoms with van der Waals surface area (Å²) in [6, 6.07) is 0.355. The molecule has 1 spiro atoms. The normalized spacial score (nSPS) is 28.5. The van der Waals surface area contributed by atoms with E-state index in [4.69, 9.17) is 10.3 Å². The second kappa shape index (κ2) is 3.57. The van der Waals surface area contributed by atoms with Crippen LogP contribution in [0.15, 0.2) is 10.8 Å². The average Bonchev–Trinajstić information content (AvgIpc) is 2.71. The lowest BCUT2D eigenvalue weighted by Crippen LogP contribution is -2.45. The van der Waals surface area contributed by atoms with Crippen LogP contribution >= 0.6 is 0 Å². The summed E-state index contributed by atoms with van der Waals surface area (Å²) in [5.41, 5.74) is 8.88. The zero-order valence-electron chi connectivity index (χ0n) is 9.78. The molecule has 1 aromatic heterocycles. The summed E-state index contributed by atoms with van der Waals surface area (Å²) >= 11 is 0. The zero-order chi connectivity index (χ0) is 11.2. The Morgan fingerprint density at radius 1 is 1.62 bits per heavy atom. The van der Waals surface area contributed by atoms with Gasteiger partial charge in [0.2, 0.25) is 0 Å². The van der Waals surface area contributed by atoms with E-state index in [0.717, 1.165) is 30.9 Å². The molecule has 0 bridgehead atoms. The summed E-state index contributed by atoms with van der Waals surface area (Å²) in [7, 11) is 0. The van der Waals surface area contributed by atoms with Crippen LogP contribution in [0.5, 0.6) is 0 Å². The molecule has 1 aliphatic heterocycles. The van der Waals surface area contributed by atoms with Crippen LogP contribution < -0.4 is 5.73 Å². The molecule has 16 heavy (non-hydrogen) atoms. The molecule has 1 saturated heterocycles. The molecule has 0 radical (unpaired) electrons. The lowest BCUT2D eigenvalue weighted by molar-refractivity contribution is 0.121. The maximum Gasteiger partial charge on any atom is 0.127 e. The van der Waals surface area contributed by atoms with E-state index < -0.39 is 0 Å². The maximum atomic E-state index is 6.25. The molecule has 1 unspecified atom stereocenters. The molecule has 1 atom stereocenters. The van der Waals surface area contributed by atoms with E-state index in [1.54, 1.807) is 6.26 Å². The van der Waals surface area contributed by atoms with E-state index in [-0.39, 0.29) is 0 Å². The molecule has 0 aromatic carbocycles. The van der Waals surface area contributed by atoms with Gasteiger partial charge < -0.3 is 10.3 Å². The molecule has 4 heteroatoms. The van der Waals surface area contributed by atoms with Gasteiger partial charge in [-0.2, -0.15) is 0 Å². The molecule has 1 aromatic rings. The Morgan fingerprint density at radius 2 is 2.44 bits per heavy atom. The highest BCUT2D eigenvalue weighted by Gasteiger charge is 2.48. The van der Waals surface area contributed by atoms with Gasteiger partial charge in [0.25, 0.3) is 0 Å². The van der Waals surface area contributed by atoms with Crippen LogP contribution in [0.2, 0.25) is 0 Å². The zero-order valence-corrected chi connectivity index (χ0v) is 9.78. The molecule has 2 fully saturated rings. The van der Waals surface area contributed by atoms with Gasteiger partial charge in [-0.05, 0) is 25.2 Å². The molecule has 2 N–H and O–H groups in total. The second-order valence-electron chi connectivity index (χ2n) is 5.44. The smallest absolute Gasteiger partial charge is 0.127 e. The maximum absolute atomic E-state index is 6.25. The first-order valence-electron chi connectivity index (χ1n) is 6.07. The number of hydrogen-bond donors (Lipinski definition) is 1. The minimum atomic E-state index is 0.355. The van der Waals surface area contributed by atoms with Gasteiger partial charge >= 0.3 is 0 Å². The Kier molecular flexibility index (Phi) is 2.30. The number of aromatic nitrogens is 1. The lowest BCUT2D eigenvalue weighted by Gasteiger charge is -2.41.